The highest BCUT2D eigenvalue weighted by Crippen LogP contribution is 2.39. The average molecular weight is 411 g/mol. The zero-order chi connectivity index (χ0) is 20.4. The quantitative estimate of drug-likeness (QED) is 0.705. The molecule has 0 spiro atoms. The number of hydrogen-bond acceptors (Lipinski definition) is 4. The maximum absolute atomic E-state index is 13.1. The summed E-state index contributed by atoms with van der Waals surface area (Å²) in [4.78, 5) is 31.8. The number of carbonyl (C=O) groups is 2. The number of dihydropyridines is 1. The van der Waals surface area contributed by atoms with Gasteiger partial charge in [0, 0.05) is 29.6 Å². The van der Waals surface area contributed by atoms with Crippen molar-refractivity contribution in [1.29, 1.82) is 0 Å². The SMILES string of the molecule is CCOC(=O)C1CCCN(C2=C(c3ccccc3)C3C=C(Cl)C=CC3=NC2=O)C1. The predicted molar refractivity (Wildman–Crippen MR) is 113 cm³/mol. The number of benzene rings is 1. The van der Waals surface area contributed by atoms with Crippen LogP contribution in [0.5, 0.6) is 0 Å². The van der Waals surface area contributed by atoms with Gasteiger partial charge in [-0.25, -0.2) is 4.99 Å². The first-order valence-corrected chi connectivity index (χ1v) is 10.4. The zero-order valence-corrected chi connectivity index (χ0v) is 17.1. The number of piperidine rings is 1. The second-order valence-electron chi connectivity index (χ2n) is 7.37. The minimum absolute atomic E-state index is 0.189. The molecule has 0 saturated carbocycles. The number of allylic oxidation sites excluding steroid dienone is 5. The van der Waals surface area contributed by atoms with Crippen LogP contribution in [0.1, 0.15) is 25.3 Å². The van der Waals surface area contributed by atoms with E-state index in [0.717, 1.165) is 24.0 Å². The van der Waals surface area contributed by atoms with E-state index in [9.17, 15) is 9.59 Å². The third-order valence-electron chi connectivity index (χ3n) is 5.50. The van der Waals surface area contributed by atoms with E-state index in [2.05, 4.69) is 4.99 Å². The lowest BCUT2D eigenvalue weighted by Gasteiger charge is -2.38. The molecule has 1 amide bonds. The van der Waals surface area contributed by atoms with Crippen LogP contribution >= 0.6 is 11.6 Å². The topological polar surface area (TPSA) is 59.0 Å². The fraction of sp³-hybridized carbons (Fsp3) is 0.348. The number of likely N-dealkylation sites (tertiary alicyclic amines) is 1. The molecule has 1 aromatic rings. The van der Waals surface area contributed by atoms with Crippen molar-refractivity contribution in [1.82, 2.24) is 4.90 Å². The van der Waals surface area contributed by atoms with Crippen LogP contribution in [-0.4, -0.2) is 42.2 Å². The Morgan fingerprint density at radius 1 is 1.28 bits per heavy atom. The molecular formula is C23H23ClN2O3. The van der Waals surface area contributed by atoms with Gasteiger partial charge in [-0.2, -0.15) is 0 Å². The molecule has 0 N–H and O–H groups in total. The summed E-state index contributed by atoms with van der Waals surface area (Å²) in [5.74, 6) is -0.895. The number of fused-ring (bicyclic) bond motifs is 1. The van der Waals surface area contributed by atoms with Gasteiger partial charge in [0.1, 0.15) is 5.70 Å². The van der Waals surface area contributed by atoms with E-state index in [0.29, 0.717) is 36.1 Å². The Kier molecular flexibility index (Phi) is 5.67. The van der Waals surface area contributed by atoms with E-state index in [-0.39, 0.29) is 23.7 Å². The largest absolute Gasteiger partial charge is 0.466 e. The summed E-state index contributed by atoms with van der Waals surface area (Å²) in [6.45, 7) is 3.33. The minimum atomic E-state index is -0.268. The van der Waals surface area contributed by atoms with Crippen molar-refractivity contribution in [3.63, 3.8) is 0 Å². The summed E-state index contributed by atoms with van der Waals surface area (Å²) in [5, 5.41) is 0.624. The molecule has 150 valence electrons. The van der Waals surface area contributed by atoms with E-state index in [1.807, 2.05) is 54.3 Å². The van der Waals surface area contributed by atoms with Gasteiger partial charge in [0.2, 0.25) is 0 Å². The first kappa shape index (κ1) is 19.6. The van der Waals surface area contributed by atoms with Gasteiger partial charge in [0.25, 0.3) is 5.91 Å². The lowest BCUT2D eigenvalue weighted by Crippen LogP contribution is -2.42. The highest BCUT2D eigenvalue weighted by Gasteiger charge is 2.37. The van der Waals surface area contributed by atoms with Gasteiger partial charge in [-0.3, -0.25) is 9.59 Å². The van der Waals surface area contributed by atoms with Crippen LogP contribution in [0.2, 0.25) is 0 Å². The molecule has 29 heavy (non-hydrogen) atoms. The summed E-state index contributed by atoms with van der Waals surface area (Å²) in [6.07, 6.45) is 7.09. The third-order valence-corrected chi connectivity index (χ3v) is 5.75. The molecule has 1 saturated heterocycles. The molecule has 1 aliphatic carbocycles. The number of carbonyl (C=O) groups excluding carboxylic acids is 2. The monoisotopic (exact) mass is 410 g/mol. The van der Waals surface area contributed by atoms with Crippen molar-refractivity contribution < 1.29 is 14.3 Å². The first-order valence-electron chi connectivity index (χ1n) is 9.98. The van der Waals surface area contributed by atoms with Crippen molar-refractivity contribution in [2.75, 3.05) is 19.7 Å². The standard InChI is InChI=1S/C23H23ClN2O3/c1-2-29-23(28)16-9-6-12-26(14-16)21-20(15-7-4-3-5-8-15)18-13-17(24)10-11-19(18)25-22(21)27/h3-5,7-8,10-11,13,16,18H,2,6,9,12,14H2,1H3. The number of amides is 1. The summed E-state index contributed by atoms with van der Waals surface area (Å²) in [5.41, 5.74) is 3.12. The lowest BCUT2D eigenvalue weighted by atomic mass is 9.82. The molecule has 0 aromatic heterocycles. The fourth-order valence-corrected chi connectivity index (χ4v) is 4.40. The van der Waals surface area contributed by atoms with E-state index in [1.54, 1.807) is 6.08 Å². The van der Waals surface area contributed by atoms with Crippen molar-refractivity contribution in [2.24, 2.45) is 16.8 Å². The molecule has 0 bridgehead atoms. The van der Waals surface area contributed by atoms with E-state index in [1.165, 1.54) is 0 Å². The van der Waals surface area contributed by atoms with Crippen molar-refractivity contribution >= 4 is 34.8 Å². The number of nitrogens with zero attached hydrogens (tertiary/aromatic N) is 2. The van der Waals surface area contributed by atoms with Crippen LogP contribution in [0.3, 0.4) is 0 Å². The normalized spacial score (nSPS) is 24.1. The second-order valence-corrected chi connectivity index (χ2v) is 7.81. The molecule has 2 heterocycles. The van der Waals surface area contributed by atoms with E-state index < -0.39 is 0 Å². The van der Waals surface area contributed by atoms with Crippen LogP contribution in [0.25, 0.3) is 5.57 Å². The lowest BCUT2D eigenvalue weighted by molar-refractivity contribution is -0.149. The van der Waals surface area contributed by atoms with Gasteiger partial charge in [0.05, 0.1) is 18.2 Å². The molecule has 0 radical (unpaired) electrons. The van der Waals surface area contributed by atoms with Crippen LogP contribution in [-0.2, 0) is 14.3 Å². The van der Waals surface area contributed by atoms with Gasteiger partial charge in [-0.15, -0.1) is 0 Å². The highest BCUT2D eigenvalue weighted by molar-refractivity contribution is 6.33. The number of ether oxygens (including phenoxy) is 1. The van der Waals surface area contributed by atoms with Gasteiger partial charge >= 0.3 is 5.97 Å². The summed E-state index contributed by atoms with van der Waals surface area (Å²) in [6, 6.07) is 9.86. The number of halogens is 1. The average Bonchev–Trinajstić information content (AvgIpc) is 2.74. The minimum Gasteiger partial charge on any atom is -0.466 e. The zero-order valence-electron chi connectivity index (χ0n) is 16.3. The maximum atomic E-state index is 13.1. The predicted octanol–water partition coefficient (Wildman–Crippen LogP) is 3.96. The number of rotatable bonds is 4. The molecule has 1 aromatic carbocycles. The van der Waals surface area contributed by atoms with Crippen molar-refractivity contribution in [3.8, 4) is 0 Å². The molecule has 6 heteroatoms. The molecule has 2 aliphatic heterocycles. The molecule has 3 aliphatic rings. The van der Waals surface area contributed by atoms with Crippen LogP contribution in [0.4, 0.5) is 0 Å². The fourth-order valence-electron chi connectivity index (χ4n) is 4.21. The maximum Gasteiger partial charge on any atom is 0.310 e. The second kappa shape index (κ2) is 8.37. The van der Waals surface area contributed by atoms with E-state index >= 15 is 0 Å². The van der Waals surface area contributed by atoms with Crippen LogP contribution in [0, 0.1) is 11.8 Å². The highest BCUT2D eigenvalue weighted by atomic mass is 35.5. The summed E-state index contributed by atoms with van der Waals surface area (Å²) < 4.78 is 5.23. The Hall–Kier alpha value is -2.66. The number of hydrogen-bond donors (Lipinski definition) is 0. The number of esters is 1. The van der Waals surface area contributed by atoms with Crippen LogP contribution < -0.4 is 0 Å². The Bertz CT molecular complexity index is 946. The van der Waals surface area contributed by atoms with Crippen molar-refractivity contribution in [2.45, 2.75) is 19.8 Å². The molecular weight excluding hydrogens is 388 g/mol. The molecule has 4 rings (SSSR count). The Morgan fingerprint density at radius 2 is 2.07 bits per heavy atom. The molecule has 5 nitrogen and oxygen atoms in total. The van der Waals surface area contributed by atoms with Gasteiger partial charge in [-0.1, -0.05) is 48.0 Å². The Balaban J connectivity index is 1.78. The third kappa shape index (κ3) is 3.92. The smallest absolute Gasteiger partial charge is 0.310 e. The van der Waals surface area contributed by atoms with Crippen LogP contribution in [0.15, 0.2) is 64.3 Å². The summed E-state index contributed by atoms with van der Waals surface area (Å²) >= 11 is 6.30. The molecule has 2 atom stereocenters. The first-order chi connectivity index (χ1) is 14.1. The van der Waals surface area contributed by atoms with Gasteiger partial charge in [-0.05, 0) is 37.5 Å². The van der Waals surface area contributed by atoms with E-state index in [4.69, 9.17) is 16.3 Å². The van der Waals surface area contributed by atoms with Gasteiger partial charge < -0.3 is 9.64 Å². The van der Waals surface area contributed by atoms with Crippen molar-refractivity contribution in [3.05, 3.63) is 64.9 Å². The summed E-state index contributed by atoms with van der Waals surface area (Å²) in [7, 11) is 0. The van der Waals surface area contributed by atoms with Gasteiger partial charge in [0.15, 0.2) is 0 Å². The molecule has 1 fully saturated rings. The number of aliphatic imine (C=N–C) groups is 1. The Morgan fingerprint density at radius 3 is 2.83 bits per heavy atom. The Labute approximate surface area is 175 Å². The molecule has 2 unspecified atom stereocenters.